The lowest BCUT2D eigenvalue weighted by atomic mass is 10.4. The fraction of sp³-hybridized carbons (Fsp3) is 0.667. The molecule has 2 rings (SSSR count). The van der Waals surface area contributed by atoms with Crippen molar-refractivity contribution in [3.05, 3.63) is 17.0 Å². The topological polar surface area (TPSA) is 75.7 Å². The molecule has 0 radical (unpaired) electrons. The second-order valence-electron chi connectivity index (χ2n) is 5.76. The van der Waals surface area contributed by atoms with Gasteiger partial charge in [-0.3, -0.25) is 4.79 Å². The molecule has 23 heavy (non-hydrogen) atoms. The molecule has 0 spiro atoms. The van der Waals surface area contributed by atoms with Crippen LogP contribution in [0.3, 0.4) is 0 Å². The molecule has 1 amide bonds. The molecule has 8 heteroatoms. The van der Waals surface area contributed by atoms with E-state index in [0.717, 1.165) is 30.6 Å². The molecule has 130 valence electrons. The van der Waals surface area contributed by atoms with Gasteiger partial charge in [-0.25, -0.2) is 8.42 Å². The predicted molar refractivity (Wildman–Crippen MR) is 90.4 cm³/mol. The maximum Gasteiger partial charge on any atom is 0.261 e. The van der Waals surface area contributed by atoms with E-state index in [9.17, 15) is 13.2 Å². The Balaban J connectivity index is 1.87. The van der Waals surface area contributed by atoms with Crippen LogP contribution in [-0.2, 0) is 14.8 Å². The van der Waals surface area contributed by atoms with Crippen LogP contribution < -0.4 is 5.32 Å². The second kappa shape index (κ2) is 8.23. The highest BCUT2D eigenvalue weighted by Crippen LogP contribution is 2.27. The minimum Gasteiger partial charge on any atom is -0.379 e. The van der Waals surface area contributed by atoms with Gasteiger partial charge in [0.1, 0.15) is 4.21 Å². The van der Waals surface area contributed by atoms with Gasteiger partial charge in [-0.2, -0.15) is 4.31 Å². The summed E-state index contributed by atoms with van der Waals surface area (Å²) in [4.78, 5) is 12.5. The van der Waals surface area contributed by atoms with Gasteiger partial charge in [0, 0.05) is 26.2 Å². The Hall–Kier alpha value is -0.960. The van der Waals surface area contributed by atoms with E-state index in [1.54, 1.807) is 6.07 Å². The van der Waals surface area contributed by atoms with Crippen LogP contribution in [0.5, 0.6) is 0 Å². The fourth-order valence-electron chi connectivity index (χ4n) is 2.32. The average Bonchev–Trinajstić information content (AvgIpc) is 3.18. The average molecular weight is 361 g/mol. The van der Waals surface area contributed by atoms with Gasteiger partial charge in [-0.05, 0) is 45.2 Å². The summed E-state index contributed by atoms with van der Waals surface area (Å²) < 4.78 is 32.0. The first-order valence-corrected chi connectivity index (χ1v) is 10.2. The van der Waals surface area contributed by atoms with E-state index in [1.807, 2.05) is 13.8 Å². The monoisotopic (exact) mass is 360 g/mol. The Kier molecular flexibility index (Phi) is 6.58. The van der Waals surface area contributed by atoms with E-state index >= 15 is 0 Å². The van der Waals surface area contributed by atoms with E-state index in [2.05, 4.69) is 5.32 Å². The first-order chi connectivity index (χ1) is 10.9. The molecule has 6 nitrogen and oxygen atoms in total. The zero-order valence-corrected chi connectivity index (χ0v) is 15.2. The number of hydrogen-bond donors (Lipinski definition) is 1. The summed E-state index contributed by atoms with van der Waals surface area (Å²) in [6, 6.07) is 3.10. The van der Waals surface area contributed by atoms with E-state index in [0.29, 0.717) is 31.1 Å². The number of nitrogens with zero attached hydrogens (tertiary/aromatic N) is 1. The highest BCUT2D eigenvalue weighted by Gasteiger charge is 2.29. The minimum atomic E-state index is -3.44. The normalized spacial score (nSPS) is 16.1. The first kappa shape index (κ1) is 18.4. The van der Waals surface area contributed by atoms with Crippen molar-refractivity contribution in [1.82, 2.24) is 9.62 Å². The Labute approximate surface area is 141 Å². The van der Waals surface area contributed by atoms with Crippen molar-refractivity contribution in [2.24, 2.45) is 0 Å². The highest BCUT2D eigenvalue weighted by molar-refractivity contribution is 7.91. The summed E-state index contributed by atoms with van der Waals surface area (Å²) in [6.07, 6.45) is 2.71. The third kappa shape index (κ3) is 5.00. The molecule has 0 atom stereocenters. The van der Waals surface area contributed by atoms with Crippen molar-refractivity contribution in [2.75, 3.05) is 26.2 Å². The maximum absolute atomic E-state index is 12.4. The molecule has 1 N–H and O–H groups in total. The minimum absolute atomic E-state index is 0.182. The SMILES string of the molecule is CC(C)OCCCNC(=O)c1ccc(S(=O)(=O)N2CCCC2)s1. The van der Waals surface area contributed by atoms with Crippen LogP contribution in [0.2, 0.25) is 0 Å². The van der Waals surface area contributed by atoms with Gasteiger partial charge in [0.2, 0.25) is 0 Å². The van der Waals surface area contributed by atoms with Gasteiger partial charge < -0.3 is 10.1 Å². The lowest BCUT2D eigenvalue weighted by Crippen LogP contribution is -2.27. The molecule has 1 aromatic heterocycles. The molecule has 1 aromatic rings. The van der Waals surface area contributed by atoms with Gasteiger partial charge >= 0.3 is 0 Å². The number of carbonyl (C=O) groups is 1. The Morgan fingerprint density at radius 2 is 2.04 bits per heavy atom. The zero-order valence-electron chi connectivity index (χ0n) is 13.6. The standard InChI is InChI=1S/C15H24N2O4S2/c1-12(2)21-11-5-8-16-15(18)13-6-7-14(22-13)23(19,20)17-9-3-4-10-17/h6-7,12H,3-5,8-11H2,1-2H3,(H,16,18). The molecule has 0 saturated carbocycles. The molecule has 1 saturated heterocycles. The van der Waals surface area contributed by atoms with Crippen molar-refractivity contribution < 1.29 is 17.9 Å². The van der Waals surface area contributed by atoms with E-state index in [4.69, 9.17) is 4.74 Å². The van der Waals surface area contributed by atoms with Gasteiger partial charge in [0.05, 0.1) is 11.0 Å². The molecule has 1 aliphatic rings. The summed E-state index contributed by atoms with van der Waals surface area (Å²) in [5, 5.41) is 2.79. The van der Waals surface area contributed by atoms with Crippen molar-refractivity contribution in [1.29, 1.82) is 0 Å². The smallest absolute Gasteiger partial charge is 0.261 e. The van der Waals surface area contributed by atoms with Crippen molar-refractivity contribution >= 4 is 27.3 Å². The van der Waals surface area contributed by atoms with Crippen LogP contribution in [-0.4, -0.2) is 51.0 Å². The third-order valence-corrected chi connectivity index (χ3v) is 6.97. The number of amides is 1. The van der Waals surface area contributed by atoms with Gasteiger partial charge in [-0.1, -0.05) is 0 Å². The quantitative estimate of drug-likeness (QED) is 0.720. The van der Waals surface area contributed by atoms with Crippen molar-refractivity contribution in [3.63, 3.8) is 0 Å². The summed E-state index contributed by atoms with van der Waals surface area (Å²) >= 11 is 1.03. The number of rotatable bonds is 8. The van der Waals surface area contributed by atoms with Crippen LogP contribution in [0, 0.1) is 0 Å². The lowest BCUT2D eigenvalue weighted by Gasteiger charge is -2.13. The molecule has 1 fully saturated rings. The van der Waals surface area contributed by atoms with E-state index < -0.39 is 10.0 Å². The van der Waals surface area contributed by atoms with Gasteiger partial charge in [-0.15, -0.1) is 11.3 Å². The molecular formula is C15H24N2O4S2. The summed E-state index contributed by atoms with van der Waals surface area (Å²) in [6.45, 7) is 6.17. The first-order valence-electron chi connectivity index (χ1n) is 7.91. The molecule has 2 heterocycles. The molecule has 1 aliphatic heterocycles. The van der Waals surface area contributed by atoms with Crippen LogP contribution in [0.1, 0.15) is 42.8 Å². The van der Waals surface area contributed by atoms with E-state index in [-0.39, 0.29) is 16.2 Å². The van der Waals surface area contributed by atoms with Crippen LogP contribution in [0.4, 0.5) is 0 Å². The van der Waals surface area contributed by atoms with Crippen LogP contribution in [0.25, 0.3) is 0 Å². The molecule has 0 unspecified atom stereocenters. The summed E-state index contributed by atoms with van der Waals surface area (Å²) in [5.41, 5.74) is 0. The third-order valence-electron chi connectivity index (χ3n) is 3.52. The molecule has 0 aromatic carbocycles. The number of nitrogens with one attached hydrogen (secondary N) is 1. The largest absolute Gasteiger partial charge is 0.379 e. The second-order valence-corrected chi connectivity index (χ2v) is 9.01. The summed E-state index contributed by atoms with van der Waals surface area (Å²) in [5.74, 6) is -0.234. The predicted octanol–water partition coefficient (Wildman–Crippen LogP) is 2.08. The molecule has 0 bridgehead atoms. The van der Waals surface area contributed by atoms with E-state index in [1.165, 1.54) is 10.4 Å². The number of thiophene rings is 1. The zero-order chi connectivity index (χ0) is 16.9. The number of sulfonamides is 1. The molecular weight excluding hydrogens is 336 g/mol. The van der Waals surface area contributed by atoms with Gasteiger partial charge in [0.25, 0.3) is 15.9 Å². The van der Waals surface area contributed by atoms with Crippen LogP contribution >= 0.6 is 11.3 Å². The van der Waals surface area contributed by atoms with Gasteiger partial charge in [0.15, 0.2) is 0 Å². The maximum atomic E-state index is 12.4. The van der Waals surface area contributed by atoms with Crippen molar-refractivity contribution in [3.8, 4) is 0 Å². The Morgan fingerprint density at radius 1 is 1.35 bits per heavy atom. The summed E-state index contributed by atoms with van der Waals surface area (Å²) in [7, 11) is -3.44. The number of hydrogen-bond acceptors (Lipinski definition) is 5. The Morgan fingerprint density at radius 3 is 2.70 bits per heavy atom. The number of ether oxygens (including phenoxy) is 1. The van der Waals surface area contributed by atoms with Crippen LogP contribution in [0.15, 0.2) is 16.3 Å². The van der Waals surface area contributed by atoms with Crippen molar-refractivity contribution in [2.45, 2.75) is 43.4 Å². The highest BCUT2D eigenvalue weighted by atomic mass is 32.2. The number of carbonyl (C=O) groups excluding carboxylic acids is 1. The lowest BCUT2D eigenvalue weighted by molar-refractivity contribution is 0.0757. The fourth-order valence-corrected chi connectivity index (χ4v) is 5.21. The molecule has 0 aliphatic carbocycles. The Bertz CT molecular complexity index is 619.